The van der Waals surface area contributed by atoms with E-state index >= 15 is 0 Å². The van der Waals surface area contributed by atoms with Crippen LogP contribution in [0.1, 0.15) is 13.3 Å². The minimum atomic E-state index is -0.0960. The fraction of sp³-hybridized carbons (Fsp3) is 0.529. The highest BCUT2D eigenvalue weighted by atomic mass is 35.5. The fourth-order valence-corrected chi connectivity index (χ4v) is 2.58. The second kappa shape index (κ2) is 9.49. The van der Waals surface area contributed by atoms with Gasteiger partial charge in [0.2, 0.25) is 11.8 Å². The molecule has 0 aliphatic carbocycles. The summed E-state index contributed by atoms with van der Waals surface area (Å²) in [6.45, 7) is 6.27. The number of nitrogens with one attached hydrogen (secondary N) is 1. The monoisotopic (exact) mass is 353 g/mol. The third-order valence-electron chi connectivity index (χ3n) is 3.97. The Labute approximate surface area is 147 Å². The number of hydrogen-bond donors (Lipinski definition) is 1. The summed E-state index contributed by atoms with van der Waals surface area (Å²) in [5.41, 5.74) is 0. The van der Waals surface area contributed by atoms with Crippen LogP contribution in [0.15, 0.2) is 24.3 Å². The number of hydrogen-bond acceptors (Lipinski definition) is 4. The highest BCUT2D eigenvalue weighted by molar-refractivity contribution is 6.30. The molecule has 132 valence electrons. The molecule has 0 spiro atoms. The van der Waals surface area contributed by atoms with Crippen molar-refractivity contribution in [2.75, 3.05) is 45.9 Å². The minimum absolute atomic E-state index is 0.0196. The summed E-state index contributed by atoms with van der Waals surface area (Å²) in [5, 5.41) is 3.32. The van der Waals surface area contributed by atoms with E-state index in [0.29, 0.717) is 31.1 Å². The molecule has 0 saturated carbocycles. The molecule has 6 nitrogen and oxygen atoms in total. The number of carbonyl (C=O) groups excluding carboxylic acids is 2. The summed E-state index contributed by atoms with van der Waals surface area (Å²) >= 11 is 5.84. The number of nitrogens with zero attached hydrogens (tertiary/aromatic N) is 2. The molecule has 0 radical (unpaired) electrons. The van der Waals surface area contributed by atoms with Gasteiger partial charge in [-0.2, -0.15) is 0 Å². The molecular formula is C17H24ClN3O3. The van der Waals surface area contributed by atoms with Crippen molar-refractivity contribution in [3.63, 3.8) is 0 Å². The van der Waals surface area contributed by atoms with Crippen molar-refractivity contribution < 1.29 is 14.3 Å². The molecule has 2 rings (SSSR count). The molecule has 1 aromatic rings. The molecule has 1 fully saturated rings. The maximum atomic E-state index is 12.0. The SMILES string of the molecule is CCC(=O)NCC(=O)N1CCN(CCOc2ccc(Cl)cc2)CC1. The van der Waals surface area contributed by atoms with Crippen molar-refractivity contribution in [1.82, 2.24) is 15.1 Å². The Balaban J connectivity index is 1.62. The Morgan fingerprint density at radius 1 is 1.17 bits per heavy atom. The zero-order valence-electron chi connectivity index (χ0n) is 14.0. The Bertz CT molecular complexity index is 543. The lowest BCUT2D eigenvalue weighted by Crippen LogP contribution is -2.51. The maximum absolute atomic E-state index is 12.0. The molecule has 0 unspecified atom stereocenters. The van der Waals surface area contributed by atoms with E-state index < -0.39 is 0 Å². The van der Waals surface area contributed by atoms with Gasteiger partial charge in [-0.25, -0.2) is 0 Å². The Hall–Kier alpha value is -1.79. The quantitative estimate of drug-likeness (QED) is 0.804. The molecule has 1 aromatic carbocycles. The summed E-state index contributed by atoms with van der Waals surface area (Å²) < 4.78 is 5.69. The first-order valence-electron chi connectivity index (χ1n) is 8.23. The van der Waals surface area contributed by atoms with Gasteiger partial charge in [0.15, 0.2) is 0 Å². The highest BCUT2D eigenvalue weighted by Gasteiger charge is 2.20. The Morgan fingerprint density at radius 2 is 1.83 bits per heavy atom. The van der Waals surface area contributed by atoms with E-state index in [1.165, 1.54) is 0 Å². The molecule has 7 heteroatoms. The molecule has 0 aromatic heterocycles. The first-order valence-corrected chi connectivity index (χ1v) is 8.61. The molecule has 0 atom stereocenters. The topological polar surface area (TPSA) is 61.9 Å². The van der Waals surface area contributed by atoms with Crippen LogP contribution in [0.5, 0.6) is 5.75 Å². The van der Waals surface area contributed by atoms with Crippen LogP contribution in [-0.4, -0.2) is 67.5 Å². The van der Waals surface area contributed by atoms with Gasteiger partial charge in [0, 0.05) is 44.2 Å². The summed E-state index contributed by atoms with van der Waals surface area (Å²) in [4.78, 5) is 27.3. The standard InChI is InChI=1S/C17H24ClN3O3/c1-2-16(22)19-13-17(23)21-9-7-20(8-10-21)11-12-24-15-5-3-14(18)4-6-15/h3-6H,2,7-13H2,1H3,(H,19,22). The Morgan fingerprint density at radius 3 is 2.46 bits per heavy atom. The molecule has 1 aliphatic heterocycles. The first kappa shape index (κ1) is 18.5. The summed E-state index contributed by atoms with van der Waals surface area (Å²) in [6.07, 6.45) is 0.397. The first-order chi connectivity index (χ1) is 11.6. The van der Waals surface area contributed by atoms with Crippen molar-refractivity contribution in [1.29, 1.82) is 0 Å². The molecule has 1 heterocycles. The van der Waals surface area contributed by atoms with Crippen LogP contribution in [-0.2, 0) is 9.59 Å². The normalized spacial score (nSPS) is 15.2. The molecule has 1 aliphatic rings. The van der Waals surface area contributed by atoms with Crippen LogP contribution < -0.4 is 10.1 Å². The van der Waals surface area contributed by atoms with Gasteiger partial charge in [-0.3, -0.25) is 14.5 Å². The van der Waals surface area contributed by atoms with E-state index in [0.717, 1.165) is 25.4 Å². The number of ether oxygens (including phenoxy) is 1. The van der Waals surface area contributed by atoms with E-state index in [2.05, 4.69) is 10.2 Å². The lowest BCUT2D eigenvalue weighted by molar-refractivity contribution is -0.134. The predicted octanol–water partition coefficient (Wildman–Crippen LogP) is 1.39. The Kier molecular flexibility index (Phi) is 7.34. The van der Waals surface area contributed by atoms with Crippen molar-refractivity contribution in [2.45, 2.75) is 13.3 Å². The molecule has 1 N–H and O–H groups in total. The predicted molar refractivity (Wildman–Crippen MR) is 93.3 cm³/mol. The highest BCUT2D eigenvalue weighted by Crippen LogP contribution is 2.15. The number of rotatable bonds is 7. The van der Waals surface area contributed by atoms with E-state index in [9.17, 15) is 9.59 Å². The number of benzene rings is 1. The van der Waals surface area contributed by atoms with Crippen LogP contribution in [0, 0.1) is 0 Å². The second-order valence-electron chi connectivity index (χ2n) is 5.66. The number of halogens is 1. The minimum Gasteiger partial charge on any atom is -0.492 e. The van der Waals surface area contributed by atoms with Crippen LogP contribution >= 0.6 is 11.6 Å². The van der Waals surface area contributed by atoms with Crippen molar-refractivity contribution in [2.24, 2.45) is 0 Å². The van der Waals surface area contributed by atoms with E-state index in [-0.39, 0.29) is 18.4 Å². The van der Waals surface area contributed by atoms with Crippen LogP contribution in [0.4, 0.5) is 0 Å². The van der Waals surface area contributed by atoms with Gasteiger partial charge >= 0.3 is 0 Å². The largest absolute Gasteiger partial charge is 0.492 e. The number of carbonyl (C=O) groups is 2. The zero-order valence-corrected chi connectivity index (χ0v) is 14.7. The third kappa shape index (κ3) is 6.02. The van der Waals surface area contributed by atoms with Crippen molar-refractivity contribution in [3.05, 3.63) is 29.3 Å². The lowest BCUT2D eigenvalue weighted by atomic mass is 10.3. The van der Waals surface area contributed by atoms with Crippen molar-refractivity contribution >= 4 is 23.4 Å². The molecule has 2 amide bonds. The van der Waals surface area contributed by atoms with Crippen LogP contribution in [0.3, 0.4) is 0 Å². The number of piperazine rings is 1. The molecular weight excluding hydrogens is 330 g/mol. The summed E-state index contributed by atoms with van der Waals surface area (Å²) in [5.74, 6) is 0.690. The van der Waals surface area contributed by atoms with Crippen LogP contribution in [0.2, 0.25) is 5.02 Å². The molecule has 24 heavy (non-hydrogen) atoms. The van der Waals surface area contributed by atoms with Gasteiger partial charge in [0.25, 0.3) is 0 Å². The summed E-state index contributed by atoms with van der Waals surface area (Å²) in [6, 6.07) is 7.31. The van der Waals surface area contributed by atoms with Gasteiger partial charge in [-0.15, -0.1) is 0 Å². The van der Waals surface area contributed by atoms with Crippen molar-refractivity contribution in [3.8, 4) is 5.75 Å². The second-order valence-corrected chi connectivity index (χ2v) is 6.09. The van der Waals surface area contributed by atoms with E-state index in [1.807, 2.05) is 12.1 Å². The van der Waals surface area contributed by atoms with E-state index in [1.54, 1.807) is 24.0 Å². The zero-order chi connectivity index (χ0) is 17.4. The average Bonchev–Trinajstić information content (AvgIpc) is 2.61. The molecule has 1 saturated heterocycles. The third-order valence-corrected chi connectivity index (χ3v) is 4.22. The van der Waals surface area contributed by atoms with Gasteiger partial charge in [0.05, 0.1) is 6.54 Å². The van der Waals surface area contributed by atoms with Gasteiger partial charge in [-0.1, -0.05) is 18.5 Å². The fourth-order valence-electron chi connectivity index (χ4n) is 2.46. The van der Waals surface area contributed by atoms with Gasteiger partial charge in [-0.05, 0) is 24.3 Å². The lowest BCUT2D eigenvalue weighted by Gasteiger charge is -2.34. The number of amides is 2. The van der Waals surface area contributed by atoms with Gasteiger partial charge < -0.3 is 15.0 Å². The smallest absolute Gasteiger partial charge is 0.242 e. The maximum Gasteiger partial charge on any atom is 0.242 e. The molecule has 0 bridgehead atoms. The summed E-state index contributed by atoms with van der Waals surface area (Å²) in [7, 11) is 0. The average molecular weight is 354 g/mol. The van der Waals surface area contributed by atoms with Crippen LogP contribution in [0.25, 0.3) is 0 Å². The van der Waals surface area contributed by atoms with Gasteiger partial charge in [0.1, 0.15) is 12.4 Å². The van der Waals surface area contributed by atoms with E-state index in [4.69, 9.17) is 16.3 Å².